The van der Waals surface area contributed by atoms with Crippen LogP contribution in [0.2, 0.25) is 0 Å². The number of methoxy groups -OCH3 is 1. The highest BCUT2D eigenvalue weighted by atomic mass is 32.2. The molecule has 0 amide bonds. The maximum Gasteiger partial charge on any atom is 0.268 e. The second kappa shape index (κ2) is 11.0. The predicted molar refractivity (Wildman–Crippen MR) is 121 cm³/mol. The Morgan fingerprint density at radius 1 is 1.15 bits per heavy atom. The summed E-state index contributed by atoms with van der Waals surface area (Å²) in [7, 11) is -1.06. The maximum atomic E-state index is 14.6. The summed E-state index contributed by atoms with van der Waals surface area (Å²) in [5.74, 6) is -3.07. The number of benzene rings is 2. The fourth-order valence-electron chi connectivity index (χ4n) is 3.13. The lowest BCUT2D eigenvalue weighted by Crippen LogP contribution is -2.23. The van der Waals surface area contributed by atoms with Crippen LogP contribution in [0, 0.1) is 17.5 Å². The number of rotatable bonds is 11. The molecule has 3 rings (SSSR count). The summed E-state index contributed by atoms with van der Waals surface area (Å²) >= 11 is 1.12. The minimum absolute atomic E-state index is 0.0282. The molecule has 0 radical (unpaired) electrons. The standard InChI is InChI=1S/C21H23F3N4O3S2/c1-28(6-7-31-2)11-14-4-3-5-17(22)16(14)10-25-15-8-18(23)21(19(24)9-15)33(29,30)27-20-12-32-13-26-20/h3-5,8-9,12-13,25,27H,6-7,10-11H2,1-2H3. The van der Waals surface area contributed by atoms with Crippen LogP contribution in [0.5, 0.6) is 0 Å². The van der Waals surface area contributed by atoms with Gasteiger partial charge in [-0.15, -0.1) is 11.3 Å². The van der Waals surface area contributed by atoms with Gasteiger partial charge in [-0.2, -0.15) is 0 Å². The predicted octanol–water partition coefficient (Wildman–Crippen LogP) is 4.05. The first-order chi connectivity index (χ1) is 15.7. The van der Waals surface area contributed by atoms with Gasteiger partial charge in [-0.3, -0.25) is 9.62 Å². The number of aromatic nitrogens is 1. The highest BCUT2D eigenvalue weighted by molar-refractivity contribution is 7.92. The third-order valence-electron chi connectivity index (χ3n) is 4.74. The normalized spacial score (nSPS) is 11.7. The van der Waals surface area contributed by atoms with Crippen molar-refractivity contribution in [3.8, 4) is 0 Å². The molecule has 2 aromatic carbocycles. The molecule has 1 aromatic heterocycles. The Morgan fingerprint density at radius 2 is 1.88 bits per heavy atom. The molecular formula is C21H23F3N4O3S2. The second-order valence-electron chi connectivity index (χ2n) is 7.21. The lowest BCUT2D eigenvalue weighted by molar-refractivity contribution is 0.158. The first kappa shape index (κ1) is 25.0. The lowest BCUT2D eigenvalue weighted by atomic mass is 10.1. The van der Waals surface area contributed by atoms with E-state index in [1.54, 1.807) is 19.2 Å². The number of halogens is 3. The molecule has 0 fully saturated rings. The first-order valence-electron chi connectivity index (χ1n) is 9.79. The number of nitrogens with one attached hydrogen (secondary N) is 2. The highest BCUT2D eigenvalue weighted by Gasteiger charge is 2.26. The molecule has 0 saturated heterocycles. The number of sulfonamides is 1. The molecule has 12 heteroatoms. The molecule has 33 heavy (non-hydrogen) atoms. The van der Waals surface area contributed by atoms with Crippen molar-refractivity contribution in [3.05, 3.63) is 69.8 Å². The van der Waals surface area contributed by atoms with Crippen molar-refractivity contribution in [3.63, 3.8) is 0 Å². The number of hydrogen-bond donors (Lipinski definition) is 2. The fraction of sp³-hybridized carbons (Fsp3) is 0.286. The molecular weight excluding hydrogens is 477 g/mol. The van der Waals surface area contributed by atoms with E-state index in [4.69, 9.17) is 4.74 Å². The van der Waals surface area contributed by atoms with Crippen LogP contribution >= 0.6 is 11.3 Å². The molecule has 0 atom stereocenters. The summed E-state index contributed by atoms with van der Waals surface area (Å²) in [6, 6.07) is 6.36. The van der Waals surface area contributed by atoms with Crippen LogP contribution in [0.3, 0.4) is 0 Å². The Bertz CT molecular complexity index is 1170. The van der Waals surface area contributed by atoms with Crippen molar-refractivity contribution < 1.29 is 26.3 Å². The number of ether oxygens (including phenoxy) is 1. The molecule has 0 spiro atoms. The SMILES string of the molecule is COCCN(C)Cc1cccc(F)c1CNc1cc(F)c(S(=O)(=O)Nc2cscn2)c(F)c1. The van der Waals surface area contributed by atoms with Gasteiger partial charge in [-0.1, -0.05) is 12.1 Å². The average Bonchev–Trinajstić information content (AvgIpc) is 3.23. The summed E-state index contributed by atoms with van der Waals surface area (Å²) in [5, 5.41) is 4.17. The van der Waals surface area contributed by atoms with Crippen LogP contribution in [0.25, 0.3) is 0 Å². The van der Waals surface area contributed by atoms with Gasteiger partial charge in [0.25, 0.3) is 10.0 Å². The van der Waals surface area contributed by atoms with Gasteiger partial charge < -0.3 is 10.1 Å². The topological polar surface area (TPSA) is 83.6 Å². The maximum absolute atomic E-state index is 14.6. The summed E-state index contributed by atoms with van der Waals surface area (Å²) in [6.07, 6.45) is 0. The van der Waals surface area contributed by atoms with Crippen molar-refractivity contribution in [2.75, 3.05) is 37.3 Å². The van der Waals surface area contributed by atoms with E-state index in [-0.39, 0.29) is 18.1 Å². The molecule has 2 N–H and O–H groups in total. The minimum atomic E-state index is -4.52. The summed E-state index contributed by atoms with van der Waals surface area (Å²) < 4.78 is 75.5. The third kappa shape index (κ3) is 6.44. The van der Waals surface area contributed by atoms with Crippen LogP contribution in [0.1, 0.15) is 11.1 Å². The van der Waals surface area contributed by atoms with E-state index < -0.39 is 32.4 Å². The van der Waals surface area contributed by atoms with Crippen LogP contribution in [0.4, 0.5) is 24.7 Å². The fourth-order valence-corrected chi connectivity index (χ4v) is 4.81. The van der Waals surface area contributed by atoms with Gasteiger partial charge in [0.1, 0.15) is 17.5 Å². The molecule has 0 aliphatic heterocycles. The summed E-state index contributed by atoms with van der Waals surface area (Å²) in [5.41, 5.74) is 2.39. The van der Waals surface area contributed by atoms with E-state index in [0.29, 0.717) is 30.8 Å². The van der Waals surface area contributed by atoms with Crippen LogP contribution < -0.4 is 10.0 Å². The summed E-state index contributed by atoms with van der Waals surface area (Å²) in [6.45, 7) is 1.55. The Morgan fingerprint density at radius 3 is 2.52 bits per heavy atom. The van der Waals surface area contributed by atoms with E-state index in [2.05, 4.69) is 10.3 Å². The van der Waals surface area contributed by atoms with Gasteiger partial charge in [0, 0.05) is 43.4 Å². The molecule has 0 aliphatic rings. The van der Waals surface area contributed by atoms with E-state index in [1.165, 1.54) is 17.0 Å². The van der Waals surface area contributed by atoms with Gasteiger partial charge >= 0.3 is 0 Å². The van der Waals surface area contributed by atoms with Crippen molar-refractivity contribution in [1.82, 2.24) is 9.88 Å². The Kier molecular flexibility index (Phi) is 8.30. The van der Waals surface area contributed by atoms with Crippen LogP contribution in [0.15, 0.2) is 46.1 Å². The molecule has 0 aliphatic carbocycles. The smallest absolute Gasteiger partial charge is 0.268 e. The first-order valence-corrected chi connectivity index (χ1v) is 12.2. The van der Waals surface area contributed by atoms with E-state index in [0.717, 1.165) is 23.5 Å². The molecule has 0 saturated carbocycles. The molecule has 7 nitrogen and oxygen atoms in total. The highest BCUT2D eigenvalue weighted by Crippen LogP contribution is 2.26. The Hall–Kier alpha value is -2.67. The van der Waals surface area contributed by atoms with Crippen molar-refractivity contribution in [2.24, 2.45) is 0 Å². The Balaban J connectivity index is 1.78. The number of hydrogen-bond acceptors (Lipinski definition) is 7. The monoisotopic (exact) mass is 500 g/mol. The number of anilines is 2. The Labute approximate surface area is 194 Å². The second-order valence-corrected chi connectivity index (χ2v) is 9.55. The average molecular weight is 501 g/mol. The molecule has 0 unspecified atom stereocenters. The quantitative estimate of drug-likeness (QED) is 0.413. The minimum Gasteiger partial charge on any atom is -0.383 e. The van der Waals surface area contributed by atoms with Gasteiger partial charge in [-0.25, -0.2) is 26.6 Å². The third-order valence-corrected chi connectivity index (χ3v) is 6.73. The zero-order valence-corrected chi connectivity index (χ0v) is 19.6. The lowest BCUT2D eigenvalue weighted by Gasteiger charge is -2.19. The molecule has 0 bridgehead atoms. The zero-order chi connectivity index (χ0) is 24.0. The largest absolute Gasteiger partial charge is 0.383 e. The van der Waals surface area contributed by atoms with Crippen molar-refractivity contribution in [1.29, 1.82) is 0 Å². The van der Waals surface area contributed by atoms with Gasteiger partial charge in [0.15, 0.2) is 10.7 Å². The zero-order valence-electron chi connectivity index (χ0n) is 17.9. The number of likely N-dealkylation sites (N-methyl/N-ethyl adjacent to an activating group) is 1. The summed E-state index contributed by atoms with van der Waals surface area (Å²) in [4.78, 5) is 4.58. The van der Waals surface area contributed by atoms with Gasteiger partial charge in [0.2, 0.25) is 0 Å². The van der Waals surface area contributed by atoms with Crippen molar-refractivity contribution in [2.45, 2.75) is 18.0 Å². The van der Waals surface area contributed by atoms with Gasteiger partial charge in [-0.05, 0) is 30.8 Å². The molecule has 1 heterocycles. The van der Waals surface area contributed by atoms with Crippen LogP contribution in [-0.2, 0) is 27.8 Å². The number of thiazole rings is 1. The molecule has 3 aromatic rings. The van der Waals surface area contributed by atoms with E-state index in [1.807, 2.05) is 16.7 Å². The van der Waals surface area contributed by atoms with Crippen molar-refractivity contribution >= 4 is 32.9 Å². The van der Waals surface area contributed by atoms with E-state index >= 15 is 0 Å². The van der Waals surface area contributed by atoms with Gasteiger partial charge in [0.05, 0.1) is 12.1 Å². The van der Waals surface area contributed by atoms with Crippen LogP contribution in [-0.4, -0.2) is 45.6 Å². The van der Waals surface area contributed by atoms with E-state index in [9.17, 15) is 21.6 Å². The molecule has 178 valence electrons. The number of nitrogens with zero attached hydrogens (tertiary/aromatic N) is 2.